The maximum Gasteiger partial charge on any atom is 0.329 e. The van der Waals surface area contributed by atoms with E-state index in [1.807, 2.05) is 0 Å². The summed E-state index contributed by atoms with van der Waals surface area (Å²) in [6.45, 7) is 0.241. The van der Waals surface area contributed by atoms with E-state index in [9.17, 15) is 9.59 Å². The van der Waals surface area contributed by atoms with Crippen molar-refractivity contribution in [3.8, 4) is 0 Å². The monoisotopic (exact) mass is 249 g/mol. The predicted molar refractivity (Wildman–Crippen MR) is 63.8 cm³/mol. The zero-order valence-electron chi connectivity index (χ0n) is 9.85. The first-order valence-corrected chi connectivity index (χ1v) is 5.78. The van der Waals surface area contributed by atoms with Crippen LogP contribution >= 0.6 is 0 Å². The van der Waals surface area contributed by atoms with Crippen molar-refractivity contribution in [1.82, 2.24) is 10.3 Å². The normalized spacial score (nSPS) is 16.7. The van der Waals surface area contributed by atoms with Gasteiger partial charge in [-0.3, -0.25) is 9.78 Å². The van der Waals surface area contributed by atoms with Gasteiger partial charge in [-0.1, -0.05) is 0 Å². The van der Waals surface area contributed by atoms with Gasteiger partial charge in [-0.2, -0.15) is 0 Å². The Hall–Kier alpha value is -1.95. The molecule has 18 heavy (non-hydrogen) atoms. The van der Waals surface area contributed by atoms with Gasteiger partial charge in [0.05, 0.1) is 5.69 Å². The van der Waals surface area contributed by atoms with Crippen molar-refractivity contribution in [1.29, 1.82) is 0 Å². The van der Waals surface area contributed by atoms with Crippen LogP contribution in [0.2, 0.25) is 0 Å². The van der Waals surface area contributed by atoms with Crippen LogP contribution in [0.25, 0.3) is 0 Å². The third-order valence-corrected chi connectivity index (χ3v) is 3.26. The largest absolute Gasteiger partial charge is 0.480 e. The van der Waals surface area contributed by atoms with Crippen LogP contribution in [0.4, 0.5) is 0 Å². The van der Waals surface area contributed by atoms with Crippen LogP contribution in [0, 0.1) is 0 Å². The molecule has 0 radical (unpaired) electrons. The van der Waals surface area contributed by atoms with Gasteiger partial charge in [-0.05, 0) is 31.4 Å². The summed E-state index contributed by atoms with van der Waals surface area (Å²) in [7, 11) is 0. The highest BCUT2D eigenvalue weighted by molar-refractivity contribution is 5.98. The van der Waals surface area contributed by atoms with Crippen LogP contribution in [0.15, 0.2) is 18.3 Å². The second kappa shape index (κ2) is 4.73. The number of rotatable bonds is 4. The first kappa shape index (κ1) is 12.5. The van der Waals surface area contributed by atoms with E-state index < -0.39 is 17.4 Å². The molecule has 1 heterocycles. The Morgan fingerprint density at radius 3 is 2.72 bits per heavy atom. The maximum absolute atomic E-state index is 12.0. The van der Waals surface area contributed by atoms with Gasteiger partial charge in [0.25, 0.3) is 5.91 Å². The van der Waals surface area contributed by atoms with E-state index in [2.05, 4.69) is 10.3 Å². The number of carbonyl (C=O) groups is 2. The van der Waals surface area contributed by atoms with Gasteiger partial charge < -0.3 is 16.2 Å². The van der Waals surface area contributed by atoms with Gasteiger partial charge in [0.1, 0.15) is 5.54 Å². The molecule has 96 valence electrons. The highest BCUT2D eigenvalue weighted by Gasteiger charge is 2.45. The number of amides is 1. The molecule has 1 saturated carbocycles. The standard InChI is InChI=1S/C12H15N3O3/c13-7-9-6-8(2-5-14-9)10(16)15-12(11(17)18)3-1-4-12/h2,5-6H,1,3-4,7,13H2,(H,15,16)(H,17,18). The lowest BCUT2D eigenvalue weighted by Crippen LogP contribution is -2.59. The smallest absolute Gasteiger partial charge is 0.329 e. The SMILES string of the molecule is NCc1cc(C(=O)NC2(C(=O)O)CCC2)ccn1. The summed E-state index contributed by atoms with van der Waals surface area (Å²) < 4.78 is 0. The summed E-state index contributed by atoms with van der Waals surface area (Å²) in [4.78, 5) is 27.1. The van der Waals surface area contributed by atoms with Crippen molar-refractivity contribution < 1.29 is 14.7 Å². The fourth-order valence-electron chi connectivity index (χ4n) is 1.94. The number of hydrogen-bond donors (Lipinski definition) is 3. The molecular formula is C12H15N3O3. The third-order valence-electron chi connectivity index (χ3n) is 3.26. The van der Waals surface area contributed by atoms with Crippen LogP contribution < -0.4 is 11.1 Å². The zero-order chi connectivity index (χ0) is 13.2. The highest BCUT2D eigenvalue weighted by Crippen LogP contribution is 2.32. The Labute approximate surface area is 104 Å². The van der Waals surface area contributed by atoms with Gasteiger partial charge in [0.2, 0.25) is 0 Å². The van der Waals surface area contributed by atoms with Crippen molar-refractivity contribution in [2.45, 2.75) is 31.3 Å². The number of hydrogen-bond acceptors (Lipinski definition) is 4. The summed E-state index contributed by atoms with van der Waals surface area (Å²) in [5.74, 6) is -1.37. The maximum atomic E-state index is 12.0. The first-order chi connectivity index (χ1) is 8.57. The van der Waals surface area contributed by atoms with E-state index in [4.69, 9.17) is 10.8 Å². The Bertz CT molecular complexity index is 483. The fraction of sp³-hybridized carbons (Fsp3) is 0.417. The van der Waals surface area contributed by atoms with E-state index >= 15 is 0 Å². The number of aromatic nitrogens is 1. The van der Waals surface area contributed by atoms with Gasteiger partial charge in [-0.15, -0.1) is 0 Å². The fourth-order valence-corrected chi connectivity index (χ4v) is 1.94. The summed E-state index contributed by atoms with van der Waals surface area (Å²) in [5, 5.41) is 11.7. The lowest BCUT2D eigenvalue weighted by atomic mass is 9.76. The second-order valence-electron chi connectivity index (χ2n) is 4.43. The number of pyridine rings is 1. The topological polar surface area (TPSA) is 105 Å². The molecule has 0 bridgehead atoms. The molecule has 0 unspecified atom stereocenters. The summed E-state index contributed by atoms with van der Waals surface area (Å²) in [5.41, 5.74) is 5.33. The third kappa shape index (κ3) is 2.19. The van der Waals surface area contributed by atoms with Crippen molar-refractivity contribution in [2.24, 2.45) is 5.73 Å². The molecular weight excluding hydrogens is 234 g/mol. The average Bonchev–Trinajstić information content (AvgIpc) is 2.33. The Morgan fingerprint density at radius 1 is 1.50 bits per heavy atom. The van der Waals surface area contributed by atoms with Gasteiger partial charge in [-0.25, -0.2) is 4.79 Å². The van der Waals surface area contributed by atoms with Crippen LogP contribution in [0.3, 0.4) is 0 Å². The Morgan fingerprint density at radius 2 is 2.22 bits per heavy atom. The quantitative estimate of drug-likeness (QED) is 0.710. The lowest BCUT2D eigenvalue weighted by Gasteiger charge is -2.38. The first-order valence-electron chi connectivity index (χ1n) is 5.78. The minimum absolute atomic E-state index is 0.241. The highest BCUT2D eigenvalue weighted by atomic mass is 16.4. The lowest BCUT2D eigenvalue weighted by molar-refractivity contribution is -0.148. The molecule has 1 fully saturated rings. The van der Waals surface area contributed by atoms with Crippen LogP contribution in [-0.4, -0.2) is 27.5 Å². The van der Waals surface area contributed by atoms with Gasteiger partial charge in [0.15, 0.2) is 0 Å². The predicted octanol–water partition coefficient (Wildman–Crippen LogP) is 0.277. The van der Waals surface area contributed by atoms with E-state index in [1.54, 1.807) is 12.1 Å². The molecule has 0 aliphatic heterocycles. The zero-order valence-corrected chi connectivity index (χ0v) is 9.85. The van der Waals surface area contributed by atoms with Gasteiger partial charge >= 0.3 is 5.97 Å². The van der Waals surface area contributed by atoms with E-state index in [1.165, 1.54) is 6.20 Å². The molecule has 4 N–H and O–H groups in total. The van der Waals surface area contributed by atoms with Crippen molar-refractivity contribution in [3.05, 3.63) is 29.6 Å². The molecule has 1 aliphatic rings. The molecule has 1 aliphatic carbocycles. The number of carbonyl (C=O) groups excluding carboxylic acids is 1. The molecule has 0 atom stereocenters. The molecule has 0 aromatic carbocycles. The number of nitrogens with two attached hydrogens (primary N) is 1. The summed E-state index contributed by atoms with van der Waals surface area (Å²) in [6.07, 6.45) is 3.26. The molecule has 6 heteroatoms. The van der Waals surface area contributed by atoms with E-state index in [-0.39, 0.29) is 6.54 Å². The minimum atomic E-state index is -1.09. The number of nitrogens with zero attached hydrogens (tertiary/aromatic N) is 1. The van der Waals surface area contributed by atoms with Crippen LogP contribution in [-0.2, 0) is 11.3 Å². The number of nitrogens with one attached hydrogen (secondary N) is 1. The van der Waals surface area contributed by atoms with Crippen LogP contribution in [0.1, 0.15) is 35.3 Å². The van der Waals surface area contributed by atoms with Crippen molar-refractivity contribution in [3.63, 3.8) is 0 Å². The molecule has 1 aromatic rings. The van der Waals surface area contributed by atoms with Crippen molar-refractivity contribution >= 4 is 11.9 Å². The molecule has 0 spiro atoms. The Kier molecular flexibility index (Phi) is 3.29. The number of carboxylic acid groups (broad SMARTS) is 1. The number of aliphatic carboxylic acids is 1. The van der Waals surface area contributed by atoms with E-state index in [0.717, 1.165) is 6.42 Å². The second-order valence-corrected chi connectivity index (χ2v) is 4.43. The van der Waals surface area contributed by atoms with Crippen molar-refractivity contribution in [2.75, 3.05) is 0 Å². The molecule has 0 saturated heterocycles. The Balaban J connectivity index is 2.14. The van der Waals surface area contributed by atoms with Gasteiger partial charge in [0, 0.05) is 18.3 Å². The van der Waals surface area contributed by atoms with E-state index in [0.29, 0.717) is 24.1 Å². The summed E-state index contributed by atoms with van der Waals surface area (Å²) >= 11 is 0. The van der Waals surface area contributed by atoms with Crippen LogP contribution in [0.5, 0.6) is 0 Å². The molecule has 1 aromatic heterocycles. The number of carboxylic acids is 1. The molecule has 1 amide bonds. The average molecular weight is 249 g/mol. The molecule has 2 rings (SSSR count). The molecule has 6 nitrogen and oxygen atoms in total. The summed E-state index contributed by atoms with van der Waals surface area (Å²) in [6, 6.07) is 3.12. The minimum Gasteiger partial charge on any atom is -0.480 e.